The SMILES string of the molecule is CC(C)(CCCCOc1cc(-c2ccccc2)cc(-c2ccccc2)n1)CNC(=O)C(CC(=O)OC(C)(C)C)N(C=O)OC(C)(C)C. The molecule has 0 aliphatic heterocycles. The van der Waals surface area contributed by atoms with Crippen LogP contribution >= 0.6 is 0 Å². The van der Waals surface area contributed by atoms with Crippen molar-refractivity contribution in [3.63, 3.8) is 0 Å². The molecule has 0 saturated heterocycles. The van der Waals surface area contributed by atoms with Crippen molar-refractivity contribution in [3.05, 3.63) is 72.8 Å². The molecule has 0 radical (unpaired) electrons. The predicted octanol–water partition coefficient (Wildman–Crippen LogP) is 7.40. The highest BCUT2D eigenvalue weighted by Gasteiger charge is 2.34. The minimum atomic E-state index is -1.18. The molecule has 1 N–H and O–H groups in total. The maximum atomic E-state index is 13.3. The molecular weight excluding hydrogens is 594 g/mol. The molecule has 0 aliphatic rings. The smallest absolute Gasteiger partial charge is 0.309 e. The van der Waals surface area contributed by atoms with E-state index < -0.39 is 29.1 Å². The van der Waals surface area contributed by atoms with Gasteiger partial charge in [0, 0.05) is 18.2 Å². The lowest BCUT2D eigenvalue weighted by atomic mass is 9.87. The Morgan fingerprint density at radius 1 is 0.830 bits per heavy atom. The number of unbranched alkanes of at least 4 members (excludes halogenated alkanes) is 1. The van der Waals surface area contributed by atoms with Crippen molar-refractivity contribution < 1.29 is 28.7 Å². The Labute approximate surface area is 280 Å². The second-order valence-electron chi connectivity index (χ2n) is 14.5. The highest BCUT2D eigenvalue weighted by Crippen LogP contribution is 2.29. The summed E-state index contributed by atoms with van der Waals surface area (Å²) >= 11 is 0. The number of hydroxylamine groups is 2. The van der Waals surface area contributed by atoms with Gasteiger partial charge in [-0.05, 0) is 83.4 Å². The number of carbonyl (C=O) groups excluding carboxylic acids is 3. The molecule has 3 rings (SSSR count). The van der Waals surface area contributed by atoms with Crippen molar-refractivity contribution in [2.75, 3.05) is 13.2 Å². The van der Waals surface area contributed by atoms with E-state index >= 15 is 0 Å². The van der Waals surface area contributed by atoms with Gasteiger partial charge in [0.25, 0.3) is 0 Å². The third-order valence-corrected chi connectivity index (χ3v) is 7.09. The average molecular weight is 646 g/mol. The van der Waals surface area contributed by atoms with E-state index in [0.717, 1.165) is 46.7 Å². The largest absolute Gasteiger partial charge is 0.478 e. The fourth-order valence-electron chi connectivity index (χ4n) is 4.86. The first kappa shape index (κ1) is 37.2. The molecule has 0 bridgehead atoms. The fourth-order valence-corrected chi connectivity index (χ4v) is 4.86. The zero-order valence-electron chi connectivity index (χ0n) is 29.2. The number of hydrogen-bond donors (Lipinski definition) is 1. The van der Waals surface area contributed by atoms with E-state index in [1.54, 1.807) is 41.5 Å². The van der Waals surface area contributed by atoms with E-state index in [1.165, 1.54) is 0 Å². The molecule has 0 saturated carbocycles. The summed E-state index contributed by atoms with van der Waals surface area (Å²) in [6.45, 7) is 15.5. The number of pyridine rings is 1. The number of rotatable bonds is 16. The second kappa shape index (κ2) is 16.5. The quantitative estimate of drug-likeness (QED) is 0.0749. The van der Waals surface area contributed by atoms with E-state index in [0.29, 0.717) is 25.4 Å². The Kier molecular flexibility index (Phi) is 13.1. The first-order chi connectivity index (χ1) is 22.0. The van der Waals surface area contributed by atoms with Gasteiger partial charge in [0.05, 0.1) is 24.3 Å². The summed E-state index contributed by atoms with van der Waals surface area (Å²) in [5, 5.41) is 3.84. The van der Waals surface area contributed by atoms with Crippen molar-refractivity contribution in [2.45, 2.75) is 98.3 Å². The molecule has 1 unspecified atom stereocenters. The first-order valence-corrected chi connectivity index (χ1v) is 16.2. The number of amides is 2. The van der Waals surface area contributed by atoms with Crippen molar-refractivity contribution >= 4 is 18.3 Å². The molecule has 9 nitrogen and oxygen atoms in total. The molecule has 0 fully saturated rings. The molecule has 3 aromatic rings. The Morgan fingerprint density at radius 2 is 1.45 bits per heavy atom. The lowest BCUT2D eigenvalue weighted by molar-refractivity contribution is -0.233. The van der Waals surface area contributed by atoms with E-state index in [1.807, 2.05) is 54.6 Å². The third kappa shape index (κ3) is 13.2. The van der Waals surface area contributed by atoms with Crippen molar-refractivity contribution in [2.24, 2.45) is 5.41 Å². The number of benzene rings is 2. The Balaban J connectivity index is 1.58. The molecule has 1 atom stereocenters. The van der Waals surface area contributed by atoms with Crippen molar-refractivity contribution in [1.29, 1.82) is 0 Å². The predicted molar refractivity (Wildman–Crippen MR) is 184 cm³/mol. The fraction of sp³-hybridized carbons (Fsp3) is 0.474. The Hall–Kier alpha value is -4.24. The summed E-state index contributed by atoms with van der Waals surface area (Å²) in [5.74, 6) is -0.506. The van der Waals surface area contributed by atoms with Crippen LogP contribution in [0.2, 0.25) is 0 Å². The maximum Gasteiger partial charge on any atom is 0.309 e. The van der Waals surface area contributed by atoms with Crippen LogP contribution < -0.4 is 10.1 Å². The van der Waals surface area contributed by atoms with Gasteiger partial charge in [-0.15, -0.1) is 0 Å². The van der Waals surface area contributed by atoms with Crippen molar-refractivity contribution in [1.82, 2.24) is 15.4 Å². The lowest BCUT2D eigenvalue weighted by Gasteiger charge is -2.33. The van der Waals surface area contributed by atoms with Gasteiger partial charge in [-0.1, -0.05) is 74.5 Å². The van der Waals surface area contributed by atoms with Gasteiger partial charge in [0.15, 0.2) is 0 Å². The van der Waals surface area contributed by atoms with Crippen LogP contribution in [0, 0.1) is 5.41 Å². The zero-order chi connectivity index (χ0) is 34.7. The molecule has 1 heterocycles. The summed E-state index contributed by atoms with van der Waals surface area (Å²) < 4.78 is 11.6. The summed E-state index contributed by atoms with van der Waals surface area (Å²) in [4.78, 5) is 48.4. The molecule has 9 heteroatoms. The van der Waals surface area contributed by atoms with Gasteiger partial charge < -0.3 is 14.8 Å². The summed E-state index contributed by atoms with van der Waals surface area (Å²) in [6.07, 6.45) is 2.58. The van der Waals surface area contributed by atoms with Gasteiger partial charge in [0.2, 0.25) is 18.2 Å². The number of aromatic nitrogens is 1. The molecule has 47 heavy (non-hydrogen) atoms. The average Bonchev–Trinajstić information content (AvgIpc) is 3.00. The summed E-state index contributed by atoms with van der Waals surface area (Å²) in [7, 11) is 0. The van der Waals surface area contributed by atoms with Crippen LogP contribution in [0.15, 0.2) is 72.8 Å². The maximum absolute atomic E-state index is 13.3. The van der Waals surface area contributed by atoms with Crippen LogP contribution in [-0.4, -0.2) is 58.7 Å². The monoisotopic (exact) mass is 645 g/mol. The normalized spacial score (nSPS) is 12.6. The number of esters is 1. The zero-order valence-corrected chi connectivity index (χ0v) is 29.2. The highest BCUT2D eigenvalue weighted by atomic mass is 16.7. The molecular formula is C38H51N3O6. The molecule has 2 aromatic carbocycles. The van der Waals surface area contributed by atoms with E-state index in [9.17, 15) is 14.4 Å². The third-order valence-electron chi connectivity index (χ3n) is 7.09. The molecule has 0 aliphatic carbocycles. The van der Waals surface area contributed by atoms with Gasteiger partial charge >= 0.3 is 5.97 Å². The minimum Gasteiger partial charge on any atom is -0.478 e. The van der Waals surface area contributed by atoms with E-state index in [-0.39, 0.29) is 11.8 Å². The van der Waals surface area contributed by atoms with Crippen LogP contribution in [0.1, 0.15) is 81.1 Å². The molecule has 0 spiro atoms. The molecule has 254 valence electrons. The van der Waals surface area contributed by atoms with Gasteiger partial charge in [-0.3, -0.25) is 19.2 Å². The highest BCUT2D eigenvalue weighted by molar-refractivity contribution is 5.88. The van der Waals surface area contributed by atoms with Gasteiger partial charge in [-0.25, -0.2) is 10.0 Å². The van der Waals surface area contributed by atoms with E-state index in [4.69, 9.17) is 19.3 Å². The Bertz CT molecular complexity index is 1390. The van der Waals surface area contributed by atoms with Crippen molar-refractivity contribution in [3.8, 4) is 28.3 Å². The molecule has 2 amide bonds. The van der Waals surface area contributed by atoms with Crippen LogP contribution in [0.5, 0.6) is 5.88 Å². The number of nitrogens with zero attached hydrogens (tertiary/aromatic N) is 2. The van der Waals surface area contributed by atoms with Crippen LogP contribution in [0.25, 0.3) is 22.4 Å². The van der Waals surface area contributed by atoms with Crippen LogP contribution in [-0.2, 0) is 24.0 Å². The second-order valence-corrected chi connectivity index (χ2v) is 14.5. The number of ether oxygens (including phenoxy) is 2. The molecule has 1 aromatic heterocycles. The van der Waals surface area contributed by atoms with Crippen LogP contribution in [0.3, 0.4) is 0 Å². The van der Waals surface area contributed by atoms with E-state index in [2.05, 4.69) is 37.4 Å². The Morgan fingerprint density at radius 3 is 2.02 bits per heavy atom. The minimum absolute atomic E-state index is 0.255. The summed E-state index contributed by atoms with van der Waals surface area (Å²) in [5.41, 5.74) is 2.27. The standard InChI is InChI=1S/C38H51N3O6/c1-36(2,3)46-34(43)25-32(41(27-42)47-37(4,5)6)35(44)39-26-38(7,8)21-15-16-22-45-33-24-30(28-17-11-9-12-18-28)23-31(40-33)29-19-13-10-14-20-29/h9-14,17-20,23-24,27,32H,15-16,21-22,25-26H2,1-8H3,(H,39,44). The number of nitrogens with one attached hydrogen (secondary N) is 1. The number of carbonyl (C=O) groups is 3. The van der Waals surface area contributed by atoms with Gasteiger partial charge in [0.1, 0.15) is 11.6 Å². The lowest BCUT2D eigenvalue weighted by Crippen LogP contribution is -2.51. The first-order valence-electron chi connectivity index (χ1n) is 16.2. The topological polar surface area (TPSA) is 107 Å². The number of hydrogen-bond acceptors (Lipinski definition) is 7. The van der Waals surface area contributed by atoms with Crippen LogP contribution in [0.4, 0.5) is 0 Å². The van der Waals surface area contributed by atoms with Gasteiger partial charge in [-0.2, -0.15) is 0 Å². The summed E-state index contributed by atoms with van der Waals surface area (Å²) in [6, 6.07) is 23.1.